The number of likely N-dealkylation sites (tertiary alicyclic amines) is 1. The van der Waals surface area contributed by atoms with Gasteiger partial charge in [0.05, 0.1) is 13.2 Å². The van der Waals surface area contributed by atoms with Gasteiger partial charge in [0.1, 0.15) is 0 Å². The minimum atomic E-state index is -0.381. The lowest BCUT2D eigenvalue weighted by atomic mass is 10.0. The predicted molar refractivity (Wildman–Crippen MR) is 79.0 cm³/mol. The first kappa shape index (κ1) is 15.2. The number of amides is 1. The summed E-state index contributed by atoms with van der Waals surface area (Å²) in [5.41, 5.74) is 0. The SMILES string of the molecule is CN1CCN(CCC(=O)N2CCC3(CC2)OCCO3)CC1. The monoisotopic (exact) mass is 297 g/mol. The maximum Gasteiger partial charge on any atom is 0.223 e. The molecule has 3 fully saturated rings. The van der Waals surface area contributed by atoms with Gasteiger partial charge >= 0.3 is 0 Å². The number of piperazine rings is 1. The van der Waals surface area contributed by atoms with E-state index in [0.29, 0.717) is 19.6 Å². The van der Waals surface area contributed by atoms with Crippen LogP contribution >= 0.6 is 0 Å². The number of carbonyl (C=O) groups excluding carboxylic acids is 1. The zero-order chi connectivity index (χ0) is 14.7. The first-order chi connectivity index (χ1) is 10.2. The third-order valence-electron chi connectivity index (χ3n) is 4.93. The Bertz CT molecular complexity index is 353. The molecule has 3 saturated heterocycles. The average Bonchev–Trinajstić information content (AvgIpc) is 2.95. The number of likely N-dealkylation sites (N-methyl/N-ethyl adjacent to an activating group) is 1. The third-order valence-corrected chi connectivity index (χ3v) is 4.93. The van der Waals surface area contributed by atoms with Gasteiger partial charge in [-0.2, -0.15) is 0 Å². The molecule has 3 aliphatic rings. The molecule has 3 rings (SSSR count). The first-order valence-electron chi connectivity index (χ1n) is 8.13. The maximum atomic E-state index is 12.3. The molecule has 0 atom stereocenters. The van der Waals surface area contributed by atoms with Crippen LogP contribution in [0.25, 0.3) is 0 Å². The highest BCUT2D eigenvalue weighted by Gasteiger charge is 2.40. The second kappa shape index (κ2) is 6.60. The fourth-order valence-corrected chi connectivity index (χ4v) is 3.37. The van der Waals surface area contributed by atoms with Crippen molar-refractivity contribution in [2.75, 3.05) is 66.1 Å². The number of ether oxygens (including phenoxy) is 2. The molecule has 0 aliphatic carbocycles. The summed E-state index contributed by atoms with van der Waals surface area (Å²) < 4.78 is 11.4. The molecule has 0 saturated carbocycles. The van der Waals surface area contributed by atoms with E-state index >= 15 is 0 Å². The van der Waals surface area contributed by atoms with E-state index in [1.54, 1.807) is 0 Å². The van der Waals surface area contributed by atoms with Crippen molar-refractivity contribution >= 4 is 5.91 Å². The molecule has 0 aromatic heterocycles. The lowest BCUT2D eigenvalue weighted by molar-refractivity contribution is -0.187. The van der Waals surface area contributed by atoms with E-state index in [9.17, 15) is 4.79 Å². The van der Waals surface area contributed by atoms with Crippen LogP contribution in [0.3, 0.4) is 0 Å². The van der Waals surface area contributed by atoms with E-state index in [2.05, 4.69) is 16.8 Å². The van der Waals surface area contributed by atoms with Crippen molar-refractivity contribution < 1.29 is 14.3 Å². The lowest BCUT2D eigenvalue weighted by Crippen LogP contribution is -2.49. The van der Waals surface area contributed by atoms with Crippen molar-refractivity contribution in [2.45, 2.75) is 25.0 Å². The fraction of sp³-hybridized carbons (Fsp3) is 0.933. The Labute approximate surface area is 126 Å². The molecule has 3 aliphatic heterocycles. The van der Waals surface area contributed by atoms with Crippen molar-refractivity contribution in [1.29, 1.82) is 0 Å². The Morgan fingerprint density at radius 1 is 1.00 bits per heavy atom. The molecule has 120 valence electrons. The van der Waals surface area contributed by atoms with E-state index in [0.717, 1.165) is 58.7 Å². The fourth-order valence-electron chi connectivity index (χ4n) is 3.37. The van der Waals surface area contributed by atoms with Crippen LogP contribution in [-0.4, -0.2) is 92.5 Å². The van der Waals surface area contributed by atoms with Gasteiger partial charge in [0.25, 0.3) is 0 Å². The summed E-state index contributed by atoms with van der Waals surface area (Å²) in [5.74, 6) is -0.101. The Balaban J connectivity index is 1.38. The Morgan fingerprint density at radius 2 is 1.62 bits per heavy atom. The topological polar surface area (TPSA) is 45.2 Å². The minimum absolute atomic E-state index is 0.279. The van der Waals surface area contributed by atoms with Crippen molar-refractivity contribution in [2.24, 2.45) is 0 Å². The van der Waals surface area contributed by atoms with E-state index in [4.69, 9.17) is 9.47 Å². The van der Waals surface area contributed by atoms with Crippen LogP contribution in [0, 0.1) is 0 Å². The van der Waals surface area contributed by atoms with Gasteiger partial charge in [0, 0.05) is 65.1 Å². The first-order valence-corrected chi connectivity index (χ1v) is 8.13. The minimum Gasteiger partial charge on any atom is -0.347 e. The number of rotatable bonds is 3. The third kappa shape index (κ3) is 3.74. The zero-order valence-corrected chi connectivity index (χ0v) is 13.1. The van der Waals surface area contributed by atoms with Gasteiger partial charge in [-0.1, -0.05) is 0 Å². The average molecular weight is 297 g/mol. The Hall–Kier alpha value is -0.690. The summed E-state index contributed by atoms with van der Waals surface area (Å²) in [5, 5.41) is 0. The quantitative estimate of drug-likeness (QED) is 0.733. The highest BCUT2D eigenvalue weighted by molar-refractivity contribution is 5.76. The van der Waals surface area contributed by atoms with Crippen LogP contribution in [0.5, 0.6) is 0 Å². The van der Waals surface area contributed by atoms with E-state index in [-0.39, 0.29) is 11.7 Å². The summed E-state index contributed by atoms with van der Waals surface area (Å²) in [6.45, 7) is 8.17. The molecule has 21 heavy (non-hydrogen) atoms. The van der Waals surface area contributed by atoms with Crippen molar-refractivity contribution in [3.05, 3.63) is 0 Å². The summed E-state index contributed by atoms with van der Waals surface area (Å²) in [4.78, 5) is 19.0. The van der Waals surface area contributed by atoms with E-state index in [1.807, 2.05) is 4.90 Å². The molecule has 0 radical (unpaired) electrons. The summed E-state index contributed by atoms with van der Waals surface area (Å²) in [7, 11) is 2.15. The van der Waals surface area contributed by atoms with Gasteiger partial charge < -0.3 is 24.2 Å². The number of piperidine rings is 1. The standard InChI is InChI=1S/C15H27N3O3/c1-16-8-10-17(11-9-16)5-2-14(19)18-6-3-15(4-7-18)20-12-13-21-15/h2-13H2,1H3. The normalized spacial score (nSPS) is 27.4. The molecule has 0 N–H and O–H groups in total. The molecule has 1 spiro atoms. The Kier molecular flexibility index (Phi) is 4.78. The van der Waals surface area contributed by atoms with Crippen LogP contribution in [0.4, 0.5) is 0 Å². The van der Waals surface area contributed by atoms with E-state index < -0.39 is 0 Å². The second-order valence-electron chi connectivity index (χ2n) is 6.38. The molecule has 0 aromatic carbocycles. The smallest absolute Gasteiger partial charge is 0.223 e. The molecule has 3 heterocycles. The highest BCUT2D eigenvalue weighted by atomic mass is 16.7. The van der Waals surface area contributed by atoms with Crippen LogP contribution < -0.4 is 0 Å². The molecule has 1 amide bonds. The van der Waals surface area contributed by atoms with Crippen molar-refractivity contribution in [1.82, 2.24) is 14.7 Å². The van der Waals surface area contributed by atoms with Crippen LogP contribution in [0.1, 0.15) is 19.3 Å². The number of hydrogen-bond acceptors (Lipinski definition) is 5. The summed E-state index contributed by atoms with van der Waals surface area (Å²) in [6.07, 6.45) is 2.26. The predicted octanol–water partition coefficient (Wildman–Crippen LogP) is -0.0106. The van der Waals surface area contributed by atoms with Gasteiger partial charge in [-0.25, -0.2) is 0 Å². The van der Waals surface area contributed by atoms with Gasteiger partial charge in [-0.05, 0) is 7.05 Å². The number of hydrogen-bond donors (Lipinski definition) is 0. The highest BCUT2D eigenvalue weighted by Crippen LogP contribution is 2.31. The lowest BCUT2D eigenvalue weighted by Gasteiger charge is -2.38. The second-order valence-corrected chi connectivity index (χ2v) is 6.38. The summed E-state index contributed by atoms with van der Waals surface area (Å²) in [6, 6.07) is 0. The number of carbonyl (C=O) groups is 1. The molecule has 6 nitrogen and oxygen atoms in total. The number of nitrogens with zero attached hydrogens (tertiary/aromatic N) is 3. The maximum absolute atomic E-state index is 12.3. The zero-order valence-electron chi connectivity index (χ0n) is 13.1. The molecular formula is C15H27N3O3. The molecule has 0 bridgehead atoms. The van der Waals surface area contributed by atoms with Crippen LogP contribution in [0.2, 0.25) is 0 Å². The van der Waals surface area contributed by atoms with Crippen LogP contribution in [-0.2, 0) is 14.3 Å². The Morgan fingerprint density at radius 3 is 2.24 bits per heavy atom. The van der Waals surface area contributed by atoms with Gasteiger partial charge in [0.15, 0.2) is 5.79 Å². The summed E-state index contributed by atoms with van der Waals surface area (Å²) >= 11 is 0. The van der Waals surface area contributed by atoms with Crippen molar-refractivity contribution in [3.8, 4) is 0 Å². The molecule has 0 aromatic rings. The van der Waals surface area contributed by atoms with Gasteiger partial charge in [-0.15, -0.1) is 0 Å². The molecule has 0 unspecified atom stereocenters. The van der Waals surface area contributed by atoms with Crippen molar-refractivity contribution in [3.63, 3.8) is 0 Å². The van der Waals surface area contributed by atoms with E-state index in [1.165, 1.54) is 0 Å². The van der Waals surface area contributed by atoms with Gasteiger partial charge in [-0.3, -0.25) is 4.79 Å². The largest absolute Gasteiger partial charge is 0.347 e. The van der Waals surface area contributed by atoms with Gasteiger partial charge in [0.2, 0.25) is 5.91 Å². The van der Waals surface area contributed by atoms with Crippen LogP contribution in [0.15, 0.2) is 0 Å². The molecular weight excluding hydrogens is 270 g/mol. The molecule has 6 heteroatoms.